The number of aliphatic hydroxyl groups excluding tert-OH is 7. The van der Waals surface area contributed by atoms with Crippen molar-refractivity contribution in [1.82, 2.24) is 5.32 Å². The molecule has 0 aromatic carbocycles. The van der Waals surface area contributed by atoms with E-state index in [1.54, 1.807) is 6.08 Å². The molecule has 14 heteroatoms. The van der Waals surface area contributed by atoms with Crippen LogP contribution in [0, 0.1) is 0 Å². The van der Waals surface area contributed by atoms with Crippen molar-refractivity contribution >= 4 is 13.7 Å². The van der Waals surface area contributed by atoms with E-state index in [2.05, 4.69) is 43.5 Å². The molecule has 8 unspecified atom stereocenters. The minimum absolute atomic E-state index is 0.258. The number of hydrogen-bond acceptors (Lipinski definition) is 11. The SMILES string of the molecule is CCCCCC/C=C/CC/C=C/C(O)C(COP(=O)(O)OC1C(O)C(O)C(O)C(O)C1O)NC(=O)CC(O)CCCCCCC/C=C\CCCCCCCCCCCCC. The maximum atomic E-state index is 13.0. The van der Waals surface area contributed by atoms with E-state index >= 15 is 0 Å². The highest BCUT2D eigenvalue weighted by Gasteiger charge is 2.51. The van der Waals surface area contributed by atoms with Gasteiger partial charge in [0.2, 0.25) is 5.91 Å². The third kappa shape index (κ3) is 27.6. The van der Waals surface area contributed by atoms with Crippen molar-refractivity contribution in [1.29, 1.82) is 0 Å². The number of phosphoric acid groups is 1. The Morgan fingerprint density at radius 2 is 0.983 bits per heavy atom. The van der Waals surface area contributed by atoms with Crippen LogP contribution in [0.25, 0.3) is 0 Å². The number of rotatable bonds is 38. The average Bonchev–Trinajstić information content (AvgIpc) is 3.22. The largest absolute Gasteiger partial charge is 0.472 e. The van der Waals surface area contributed by atoms with E-state index in [-0.39, 0.29) is 6.42 Å². The van der Waals surface area contributed by atoms with Gasteiger partial charge in [-0.25, -0.2) is 4.57 Å². The Morgan fingerprint density at radius 3 is 1.48 bits per heavy atom. The highest BCUT2D eigenvalue weighted by Crippen LogP contribution is 2.47. The molecule has 9 N–H and O–H groups in total. The molecule has 0 spiro atoms. The van der Waals surface area contributed by atoms with E-state index in [1.807, 2.05) is 0 Å². The molecule has 0 aliphatic heterocycles. The molecule has 8 atom stereocenters. The van der Waals surface area contributed by atoms with Gasteiger partial charge in [-0.05, 0) is 57.8 Å². The third-order valence-corrected chi connectivity index (χ3v) is 12.2. The summed E-state index contributed by atoms with van der Waals surface area (Å²) >= 11 is 0. The highest BCUT2D eigenvalue weighted by molar-refractivity contribution is 7.47. The molecule has 1 saturated carbocycles. The fourth-order valence-electron chi connectivity index (χ4n) is 7.31. The lowest BCUT2D eigenvalue weighted by molar-refractivity contribution is -0.220. The minimum Gasteiger partial charge on any atom is -0.393 e. The van der Waals surface area contributed by atoms with E-state index in [0.29, 0.717) is 12.8 Å². The molecule has 0 heterocycles. The zero-order valence-corrected chi connectivity index (χ0v) is 38.0. The summed E-state index contributed by atoms with van der Waals surface area (Å²) in [5, 5.41) is 74.3. The van der Waals surface area contributed by atoms with Gasteiger partial charge in [0.15, 0.2) is 0 Å². The molecule has 0 bridgehead atoms. The maximum Gasteiger partial charge on any atom is 0.472 e. The van der Waals surface area contributed by atoms with Crippen LogP contribution in [-0.4, -0.2) is 108 Å². The summed E-state index contributed by atoms with van der Waals surface area (Å²) in [5.41, 5.74) is 0. The van der Waals surface area contributed by atoms with E-state index in [0.717, 1.165) is 64.2 Å². The summed E-state index contributed by atoms with van der Waals surface area (Å²) in [4.78, 5) is 23.4. The Hall–Kier alpha value is -1.48. The molecule has 1 fully saturated rings. The van der Waals surface area contributed by atoms with Crippen LogP contribution in [0.15, 0.2) is 36.5 Å². The van der Waals surface area contributed by atoms with Crippen molar-refractivity contribution in [2.24, 2.45) is 0 Å². The molecule has 0 aromatic heterocycles. The van der Waals surface area contributed by atoms with Gasteiger partial charge in [0.1, 0.15) is 36.6 Å². The van der Waals surface area contributed by atoms with Crippen molar-refractivity contribution in [3.05, 3.63) is 36.5 Å². The van der Waals surface area contributed by atoms with Crippen molar-refractivity contribution in [2.75, 3.05) is 6.61 Å². The molecule has 1 amide bonds. The summed E-state index contributed by atoms with van der Waals surface area (Å²) in [6, 6.07) is -1.26. The first-order valence-corrected chi connectivity index (χ1v) is 25.0. The van der Waals surface area contributed by atoms with Crippen molar-refractivity contribution < 1.29 is 59.0 Å². The fraction of sp³-hybridized carbons (Fsp3) is 0.848. The Balaban J connectivity index is 2.47. The van der Waals surface area contributed by atoms with Crippen LogP contribution in [0.4, 0.5) is 0 Å². The van der Waals surface area contributed by atoms with Gasteiger partial charge in [-0.1, -0.05) is 159 Å². The summed E-state index contributed by atoms with van der Waals surface area (Å²) < 4.78 is 22.8. The van der Waals surface area contributed by atoms with Gasteiger partial charge < -0.3 is 46.0 Å². The number of nitrogens with one attached hydrogen (secondary N) is 1. The van der Waals surface area contributed by atoms with Crippen molar-refractivity contribution in [2.45, 2.75) is 242 Å². The summed E-state index contributed by atoms with van der Waals surface area (Å²) in [5.74, 6) is -0.610. The first-order valence-electron chi connectivity index (χ1n) is 23.5. The fourth-order valence-corrected chi connectivity index (χ4v) is 8.28. The monoisotopic (exact) mass is 876 g/mol. The Bertz CT molecular complexity index is 1170. The molecule has 13 nitrogen and oxygen atoms in total. The summed E-state index contributed by atoms with van der Waals surface area (Å²) in [7, 11) is -5.15. The molecule has 1 rings (SSSR count). The second-order valence-corrected chi connectivity index (χ2v) is 18.2. The molecule has 0 radical (unpaired) electrons. The topological polar surface area (TPSA) is 226 Å². The predicted octanol–water partition coefficient (Wildman–Crippen LogP) is 7.75. The lowest BCUT2D eigenvalue weighted by atomic mass is 9.85. The molecule has 352 valence electrons. The first kappa shape index (κ1) is 56.5. The number of carbonyl (C=O) groups excluding carboxylic acids is 1. The molecule has 0 saturated heterocycles. The van der Waals surface area contributed by atoms with Gasteiger partial charge >= 0.3 is 7.82 Å². The smallest absolute Gasteiger partial charge is 0.393 e. The van der Waals surface area contributed by atoms with Gasteiger partial charge in [0.25, 0.3) is 0 Å². The number of unbranched alkanes of at least 4 members (excludes halogenated alkanes) is 21. The molecule has 1 aliphatic carbocycles. The zero-order chi connectivity index (χ0) is 44.4. The molecule has 1 aliphatic rings. The lowest BCUT2D eigenvalue weighted by Crippen LogP contribution is -2.64. The standard InChI is InChI=1S/C46H86NO12P/c1-3-5-7-9-11-13-15-16-17-18-19-20-21-22-23-24-25-27-29-31-33-37(48)35-40(50)47-38(39(49)34-32-30-28-26-14-12-10-8-6-4-2)36-58-60(56,57)59-46-44(54)42(52)41(51)43(53)45(46)55/h14,21-22,26,32,34,37-39,41-46,48-49,51-55H,3-13,15-20,23-25,27-31,33,35-36H2,1-2H3,(H,47,50)(H,56,57)/b22-21-,26-14+,34-32+. The third-order valence-electron chi connectivity index (χ3n) is 11.2. The normalized spacial score (nSPS) is 23.7. The van der Waals surface area contributed by atoms with E-state index in [4.69, 9.17) is 9.05 Å². The Morgan fingerprint density at radius 1 is 0.583 bits per heavy atom. The van der Waals surface area contributed by atoms with Crippen LogP contribution in [0.3, 0.4) is 0 Å². The molecule has 60 heavy (non-hydrogen) atoms. The van der Waals surface area contributed by atoms with E-state index in [1.165, 1.54) is 96.0 Å². The maximum absolute atomic E-state index is 13.0. The Labute approximate surface area is 362 Å². The first-order chi connectivity index (χ1) is 28.8. The second-order valence-electron chi connectivity index (χ2n) is 16.8. The Kier molecular flexibility index (Phi) is 33.8. The van der Waals surface area contributed by atoms with Crippen molar-refractivity contribution in [3.63, 3.8) is 0 Å². The molecule has 0 aromatic rings. The zero-order valence-electron chi connectivity index (χ0n) is 37.1. The number of amides is 1. The van der Waals surface area contributed by atoms with E-state index in [9.17, 15) is 50.0 Å². The summed E-state index contributed by atoms with van der Waals surface area (Å²) in [6.07, 6.45) is 26.9. The molecular formula is C46H86NO12P. The van der Waals surface area contributed by atoms with Crippen molar-refractivity contribution in [3.8, 4) is 0 Å². The molecular weight excluding hydrogens is 789 g/mol. The minimum atomic E-state index is -5.15. The lowest BCUT2D eigenvalue weighted by Gasteiger charge is -2.41. The second kappa shape index (κ2) is 35.9. The van der Waals surface area contributed by atoms with Gasteiger partial charge in [-0.15, -0.1) is 0 Å². The van der Waals surface area contributed by atoms with Crippen LogP contribution in [0.1, 0.15) is 187 Å². The number of phosphoric ester groups is 1. The average molecular weight is 876 g/mol. The summed E-state index contributed by atoms with van der Waals surface area (Å²) in [6.45, 7) is 3.68. The van der Waals surface area contributed by atoms with Crippen LogP contribution in [-0.2, 0) is 18.4 Å². The van der Waals surface area contributed by atoms with Crippen LogP contribution < -0.4 is 5.32 Å². The number of aliphatic hydroxyl groups is 7. The highest BCUT2D eigenvalue weighted by atomic mass is 31.2. The quantitative estimate of drug-likeness (QED) is 0.0165. The predicted molar refractivity (Wildman–Crippen MR) is 238 cm³/mol. The number of hydrogen-bond donors (Lipinski definition) is 9. The van der Waals surface area contributed by atoms with Crippen LogP contribution >= 0.6 is 7.82 Å². The van der Waals surface area contributed by atoms with Gasteiger partial charge in [-0.3, -0.25) is 13.8 Å². The van der Waals surface area contributed by atoms with E-state index < -0.39 is 75.2 Å². The van der Waals surface area contributed by atoms with Crippen LogP contribution in [0.2, 0.25) is 0 Å². The number of allylic oxidation sites excluding steroid dienone is 5. The van der Waals surface area contributed by atoms with Gasteiger partial charge in [-0.2, -0.15) is 0 Å². The van der Waals surface area contributed by atoms with Gasteiger partial charge in [0.05, 0.1) is 31.3 Å². The van der Waals surface area contributed by atoms with Gasteiger partial charge in [0, 0.05) is 0 Å². The van der Waals surface area contributed by atoms with Crippen LogP contribution in [0.5, 0.6) is 0 Å². The number of carbonyl (C=O) groups is 1.